The van der Waals surface area contributed by atoms with Crippen molar-refractivity contribution in [1.82, 2.24) is 5.32 Å². The molecule has 0 heterocycles. The lowest BCUT2D eigenvalue weighted by molar-refractivity contribution is 0.0938. The van der Waals surface area contributed by atoms with Gasteiger partial charge in [0.2, 0.25) is 0 Å². The average molecular weight is 360 g/mol. The molecule has 2 aromatic rings. The summed E-state index contributed by atoms with van der Waals surface area (Å²) in [7, 11) is -2.15. The third-order valence-electron chi connectivity index (χ3n) is 3.99. The van der Waals surface area contributed by atoms with E-state index in [0.29, 0.717) is 11.3 Å². The Morgan fingerprint density at radius 2 is 1.68 bits per heavy atom. The van der Waals surface area contributed by atoms with Gasteiger partial charge >= 0.3 is 0 Å². The van der Waals surface area contributed by atoms with Crippen LogP contribution in [0.5, 0.6) is 0 Å². The zero-order valence-corrected chi connectivity index (χ0v) is 15.6. The van der Waals surface area contributed by atoms with Crippen molar-refractivity contribution in [2.24, 2.45) is 0 Å². The second kappa shape index (κ2) is 8.16. The number of benzene rings is 2. The van der Waals surface area contributed by atoms with Gasteiger partial charge in [-0.05, 0) is 49.7 Å². The average Bonchev–Trinajstić information content (AvgIpc) is 2.62. The van der Waals surface area contributed by atoms with Crippen molar-refractivity contribution < 1.29 is 13.2 Å². The van der Waals surface area contributed by atoms with Crippen LogP contribution in [0, 0.1) is 0 Å². The Kier molecular flexibility index (Phi) is 6.20. The van der Waals surface area contributed by atoms with Crippen LogP contribution in [0.4, 0.5) is 5.69 Å². The monoisotopic (exact) mass is 360 g/mol. The maximum absolute atomic E-state index is 12.7. The topological polar surface area (TPSA) is 66.5 Å². The first-order valence-electron chi connectivity index (χ1n) is 8.31. The number of nitrogens with zero attached hydrogens (tertiary/aromatic N) is 1. The Labute approximate surface area is 149 Å². The van der Waals surface area contributed by atoms with E-state index in [0.717, 1.165) is 12.8 Å². The molecule has 5 nitrogen and oxygen atoms in total. The fourth-order valence-electron chi connectivity index (χ4n) is 2.53. The van der Waals surface area contributed by atoms with Gasteiger partial charge in [0.05, 0.1) is 10.6 Å². The summed E-state index contributed by atoms with van der Waals surface area (Å²) in [4.78, 5) is 12.3. The molecule has 0 aliphatic rings. The minimum Gasteiger partial charge on any atom is -0.350 e. The molecule has 2 rings (SSSR count). The van der Waals surface area contributed by atoms with Crippen LogP contribution >= 0.6 is 0 Å². The van der Waals surface area contributed by atoms with Gasteiger partial charge in [0, 0.05) is 18.7 Å². The molecule has 0 spiro atoms. The maximum atomic E-state index is 12.7. The first-order chi connectivity index (χ1) is 11.9. The third kappa shape index (κ3) is 4.60. The SMILES string of the molecule is CCC[C@H](C)NC(=O)c1ccc(S(=O)(=O)N(C)c2ccccc2)cc1. The fourth-order valence-corrected chi connectivity index (χ4v) is 3.72. The van der Waals surface area contributed by atoms with Gasteiger partial charge in [0.25, 0.3) is 15.9 Å². The van der Waals surface area contributed by atoms with E-state index < -0.39 is 10.0 Å². The number of anilines is 1. The van der Waals surface area contributed by atoms with Crippen molar-refractivity contribution in [2.75, 3.05) is 11.4 Å². The third-order valence-corrected chi connectivity index (χ3v) is 5.79. The second-order valence-electron chi connectivity index (χ2n) is 6.00. The van der Waals surface area contributed by atoms with Gasteiger partial charge in [-0.2, -0.15) is 0 Å². The van der Waals surface area contributed by atoms with Crippen molar-refractivity contribution in [2.45, 2.75) is 37.6 Å². The van der Waals surface area contributed by atoms with E-state index in [1.54, 1.807) is 36.4 Å². The normalized spacial score (nSPS) is 12.4. The second-order valence-corrected chi connectivity index (χ2v) is 7.96. The number of hydrogen-bond donors (Lipinski definition) is 1. The van der Waals surface area contributed by atoms with Gasteiger partial charge in [-0.15, -0.1) is 0 Å². The van der Waals surface area contributed by atoms with Crippen LogP contribution in [0.2, 0.25) is 0 Å². The molecule has 1 N–H and O–H groups in total. The first kappa shape index (κ1) is 19.0. The van der Waals surface area contributed by atoms with Crippen molar-refractivity contribution in [1.29, 1.82) is 0 Å². The van der Waals surface area contributed by atoms with Gasteiger partial charge in [-0.3, -0.25) is 9.10 Å². The zero-order chi connectivity index (χ0) is 18.4. The molecule has 25 heavy (non-hydrogen) atoms. The molecule has 0 unspecified atom stereocenters. The smallest absolute Gasteiger partial charge is 0.264 e. The summed E-state index contributed by atoms with van der Waals surface area (Å²) in [6.07, 6.45) is 1.89. The molecular weight excluding hydrogens is 336 g/mol. The first-order valence-corrected chi connectivity index (χ1v) is 9.75. The van der Waals surface area contributed by atoms with E-state index in [4.69, 9.17) is 0 Å². The lowest BCUT2D eigenvalue weighted by Crippen LogP contribution is -2.32. The molecule has 6 heteroatoms. The predicted octanol–water partition coefficient (Wildman–Crippen LogP) is 3.43. The molecule has 0 saturated heterocycles. The van der Waals surface area contributed by atoms with Crippen LogP contribution in [0.15, 0.2) is 59.5 Å². The van der Waals surface area contributed by atoms with Gasteiger partial charge in [-0.1, -0.05) is 31.5 Å². The van der Waals surface area contributed by atoms with E-state index in [9.17, 15) is 13.2 Å². The Hall–Kier alpha value is -2.34. The predicted molar refractivity (Wildman–Crippen MR) is 100 cm³/mol. The quantitative estimate of drug-likeness (QED) is 0.822. The van der Waals surface area contributed by atoms with Crippen molar-refractivity contribution in [3.05, 3.63) is 60.2 Å². The molecule has 0 aliphatic heterocycles. The van der Waals surface area contributed by atoms with Crippen LogP contribution in [-0.4, -0.2) is 27.4 Å². The summed E-state index contributed by atoms with van der Waals surface area (Å²) in [5.74, 6) is -0.193. The lowest BCUT2D eigenvalue weighted by atomic mass is 10.1. The van der Waals surface area contributed by atoms with Crippen LogP contribution in [0.25, 0.3) is 0 Å². The molecule has 0 aromatic heterocycles. The van der Waals surface area contributed by atoms with Crippen molar-refractivity contribution >= 4 is 21.6 Å². The standard InChI is InChI=1S/C19H24N2O3S/c1-4-8-15(2)20-19(22)16-11-13-18(14-12-16)25(23,24)21(3)17-9-6-5-7-10-17/h5-7,9-15H,4,8H2,1-3H3,(H,20,22)/t15-/m0/s1. The number of carbonyl (C=O) groups is 1. The number of para-hydroxylation sites is 1. The highest BCUT2D eigenvalue weighted by molar-refractivity contribution is 7.92. The Bertz CT molecular complexity index is 802. The van der Waals surface area contributed by atoms with E-state index >= 15 is 0 Å². The number of sulfonamides is 1. The minimum atomic E-state index is -3.66. The van der Waals surface area contributed by atoms with E-state index in [-0.39, 0.29) is 16.8 Å². The van der Waals surface area contributed by atoms with Crippen LogP contribution in [-0.2, 0) is 10.0 Å². The molecule has 0 bridgehead atoms. The number of nitrogens with one attached hydrogen (secondary N) is 1. The molecule has 1 amide bonds. The zero-order valence-electron chi connectivity index (χ0n) is 14.8. The summed E-state index contributed by atoms with van der Waals surface area (Å²) in [6, 6.07) is 15.0. The van der Waals surface area contributed by atoms with Gasteiger partial charge in [0.1, 0.15) is 0 Å². The highest BCUT2D eigenvalue weighted by Gasteiger charge is 2.21. The number of hydrogen-bond acceptors (Lipinski definition) is 3. The summed E-state index contributed by atoms with van der Waals surface area (Å²) >= 11 is 0. The molecule has 0 saturated carbocycles. The minimum absolute atomic E-state index is 0.0881. The van der Waals surface area contributed by atoms with Crippen molar-refractivity contribution in [3.63, 3.8) is 0 Å². The molecule has 0 aliphatic carbocycles. The van der Waals surface area contributed by atoms with Crippen LogP contribution in [0.3, 0.4) is 0 Å². The van der Waals surface area contributed by atoms with E-state index in [1.165, 1.54) is 23.5 Å². The summed E-state index contributed by atoms with van der Waals surface area (Å²) in [6.45, 7) is 4.01. The van der Waals surface area contributed by atoms with Crippen LogP contribution in [0.1, 0.15) is 37.0 Å². The molecular formula is C19H24N2O3S. The molecule has 134 valence electrons. The largest absolute Gasteiger partial charge is 0.350 e. The molecule has 2 aromatic carbocycles. The molecule has 1 atom stereocenters. The summed E-state index contributed by atoms with van der Waals surface area (Å²) < 4.78 is 26.6. The number of amides is 1. The summed E-state index contributed by atoms with van der Waals surface area (Å²) in [5, 5.41) is 2.91. The fraction of sp³-hybridized carbons (Fsp3) is 0.316. The summed E-state index contributed by atoms with van der Waals surface area (Å²) in [5.41, 5.74) is 1.03. The highest BCUT2D eigenvalue weighted by Crippen LogP contribution is 2.21. The number of rotatable bonds is 7. The van der Waals surface area contributed by atoms with Crippen molar-refractivity contribution in [3.8, 4) is 0 Å². The maximum Gasteiger partial charge on any atom is 0.264 e. The van der Waals surface area contributed by atoms with E-state index in [2.05, 4.69) is 12.2 Å². The van der Waals surface area contributed by atoms with Gasteiger partial charge in [0.15, 0.2) is 0 Å². The Balaban J connectivity index is 2.17. The van der Waals surface area contributed by atoms with Crippen LogP contribution < -0.4 is 9.62 Å². The van der Waals surface area contributed by atoms with Gasteiger partial charge in [-0.25, -0.2) is 8.42 Å². The van der Waals surface area contributed by atoms with Gasteiger partial charge < -0.3 is 5.32 Å². The molecule has 0 fully saturated rings. The lowest BCUT2D eigenvalue weighted by Gasteiger charge is -2.19. The Morgan fingerprint density at radius 1 is 1.08 bits per heavy atom. The molecule has 0 radical (unpaired) electrons. The highest BCUT2D eigenvalue weighted by atomic mass is 32.2. The number of carbonyl (C=O) groups excluding carboxylic acids is 1. The van der Waals surface area contributed by atoms with E-state index in [1.807, 2.05) is 13.0 Å². The Morgan fingerprint density at radius 3 is 2.24 bits per heavy atom.